The number of carbonyl (C=O) groups excluding carboxylic acids is 2. The molecule has 7 heteroatoms. The van der Waals surface area contributed by atoms with E-state index < -0.39 is 5.41 Å². The van der Waals surface area contributed by atoms with Crippen LogP contribution in [0.5, 0.6) is 0 Å². The van der Waals surface area contributed by atoms with E-state index in [-0.39, 0.29) is 11.9 Å². The number of carbonyl (C=O) groups is 2. The number of urea groups is 1. The molecular formula is C22H23Cl2N3O2. The smallest absolute Gasteiger partial charge is 0.321 e. The van der Waals surface area contributed by atoms with Gasteiger partial charge in [0, 0.05) is 41.9 Å². The van der Waals surface area contributed by atoms with Gasteiger partial charge in [-0.25, -0.2) is 4.79 Å². The first-order valence-corrected chi connectivity index (χ1v) is 10.6. The van der Waals surface area contributed by atoms with E-state index >= 15 is 0 Å². The predicted octanol–water partition coefficient (Wildman–Crippen LogP) is 4.79. The van der Waals surface area contributed by atoms with Crippen LogP contribution in [-0.2, 0) is 10.2 Å². The standard InChI is InChI=1S/C22H23Cl2N3O2/c23-17-5-7-19(8-6-17)25-21(29)27-12-2-11-26(13-14-27)20(28)22(9-10-22)16-3-1-4-18(24)15-16/h1,3-8,15H,2,9-14H2,(H,25,29). The number of hydrogen-bond acceptors (Lipinski definition) is 2. The first-order chi connectivity index (χ1) is 14.0. The first-order valence-electron chi connectivity index (χ1n) is 9.85. The van der Waals surface area contributed by atoms with Gasteiger partial charge in [0.05, 0.1) is 5.41 Å². The zero-order valence-electron chi connectivity index (χ0n) is 16.0. The molecule has 5 nitrogen and oxygen atoms in total. The van der Waals surface area contributed by atoms with E-state index in [2.05, 4.69) is 5.32 Å². The highest BCUT2D eigenvalue weighted by atomic mass is 35.5. The van der Waals surface area contributed by atoms with Gasteiger partial charge < -0.3 is 15.1 Å². The zero-order valence-corrected chi connectivity index (χ0v) is 17.5. The molecule has 0 spiro atoms. The Hall–Kier alpha value is -2.24. The average Bonchev–Trinajstić information content (AvgIpc) is 3.54. The van der Waals surface area contributed by atoms with Crippen LogP contribution in [0.15, 0.2) is 48.5 Å². The lowest BCUT2D eigenvalue weighted by Crippen LogP contribution is -2.42. The monoisotopic (exact) mass is 431 g/mol. The van der Waals surface area contributed by atoms with Gasteiger partial charge in [0.1, 0.15) is 0 Å². The summed E-state index contributed by atoms with van der Waals surface area (Å²) in [7, 11) is 0. The molecule has 0 unspecified atom stereocenters. The summed E-state index contributed by atoms with van der Waals surface area (Å²) < 4.78 is 0. The molecule has 0 aromatic heterocycles. The topological polar surface area (TPSA) is 52.7 Å². The highest BCUT2D eigenvalue weighted by Crippen LogP contribution is 2.50. The fourth-order valence-corrected chi connectivity index (χ4v) is 4.22. The Bertz CT molecular complexity index is 913. The van der Waals surface area contributed by atoms with E-state index in [1.165, 1.54) is 0 Å². The Morgan fingerprint density at radius 1 is 0.862 bits per heavy atom. The zero-order chi connectivity index (χ0) is 20.4. The van der Waals surface area contributed by atoms with Crippen molar-refractivity contribution in [2.75, 3.05) is 31.5 Å². The maximum atomic E-state index is 13.3. The quantitative estimate of drug-likeness (QED) is 0.758. The summed E-state index contributed by atoms with van der Waals surface area (Å²) >= 11 is 12.0. The van der Waals surface area contributed by atoms with Crippen LogP contribution >= 0.6 is 23.2 Å². The van der Waals surface area contributed by atoms with Crippen molar-refractivity contribution in [2.24, 2.45) is 0 Å². The molecular weight excluding hydrogens is 409 g/mol. The van der Waals surface area contributed by atoms with Crippen LogP contribution in [0.1, 0.15) is 24.8 Å². The molecule has 1 N–H and O–H groups in total. The molecule has 0 radical (unpaired) electrons. The Balaban J connectivity index is 1.39. The molecule has 152 valence electrons. The second kappa shape index (κ2) is 8.25. The summed E-state index contributed by atoms with van der Waals surface area (Å²) in [5.41, 5.74) is 1.26. The molecule has 2 aliphatic rings. The molecule has 2 aromatic rings. The third-order valence-electron chi connectivity index (χ3n) is 5.70. The summed E-state index contributed by atoms with van der Waals surface area (Å²) in [6.45, 7) is 2.32. The molecule has 1 saturated heterocycles. The molecule has 1 heterocycles. The molecule has 0 bridgehead atoms. The van der Waals surface area contributed by atoms with Gasteiger partial charge in [-0.05, 0) is 61.2 Å². The van der Waals surface area contributed by atoms with Gasteiger partial charge in [-0.15, -0.1) is 0 Å². The van der Waals surface area contributed by atoms with Gasteiger partial charge in [0.25, 0.3) is 0 Å². The molecule has 1 saturated carbocycles. The molecule has 3 amide bonds. The summed E-state index contributed by atoms with van der Waals surface area (Å²) in [5.74, 6) is 0.153. The van der Waals surface area contributed by atoms with Crippen molar-refractivity contribution in [3.8, 4) is 0 Å². The number of hydrogen-bond donors (Lipinski definition) is 1. The van der Waals surface area contributed by atoms with Gasteiger partial charge in [-0.2, -0.15) is 0 Å². The lowest BCUT2D eigenvalue weighted by Gasteiger charge is -2.27. The van der Waals surface area contributed by atoms with Crippen LogP contribution in [-0.4, -0.2) is 47.9 Å². The molecule has 29 heavy (non-hydrogen) atoms. The maximum Gasteiger partial charge on any atom is 0.321 e. The maximum absolute atomic E-state index is 13.3. The van der Waals surface area contributed by atoms with Crippen molar-refractivity contribution < 1.29 is 9.59 Å². The van der Waals surface area contributed by atoms with Crippen LogP contribution in [0.4, 0.5) is 10.5 Å². The minimum Gasteiger partial charge on any atom is -0.340 e. The van der Waals surface area contributed by atoms with Crippen molar-refractivity contribution in [2.45, 2.75) is 24.7 Å². The lowest BCUT2D eigenvalue weighted by molar-refractivity contribution is -0.133. The number of amides is 3. The van der Waals surface area contributed by atoms with Gasteiger partial charge >= 0.3 is 6.03 Å². The molecule has 4 rings (SSSR count). The van der Waals surface area contributed by atoms with E-state index in [1.807, 2.05) is 29.2 Å². The average molecular weight is 432 g/mol. The molecule has 2 aromatic carbocycles. The van der Waals surface area contributed by atoms with Crippen LogP contribution in [0, 0.1) is 0 Å². The fourth-order valence-electron chi connectivity index (χ4n) is 3.90. The number of nitrogens with zero attached hydrogens (tertiary/aromatic N) is 2. The van der Waals surface area contributed by atoms with Gasteiger partial charge in [0.2, 0.25) is 5.91 Å². The Kier molecular flexibility index (Phi) is 5.70. The summed E-state index contributed by atoms with van der Waals surface area (Å²) in [6, 6.07) is 14.5. The Labute approximate surface area is 180 Å². The number of halogens is 2. The molecule has 1 aliphatic heterocycles. The van der Waals surface area contributed by atoms with Crippen LogP contribution in [0.25, 0.3) is 0 Å². The van der Waals surface area contributed by atoms with Crippen molar-refractivity contribution in [3.05, 3.63) is 64.1 Å². The molecule has 2 fully saturated rings. The van der Waals surface area contributed by atoms with Crippen LogP contribution in [0.3, 0.4) is 0 Å². The Morgan fingerprint density at radius 2 is 1.55 bits per heavy atom. The largest absolute Gasteiger partial charge is 0.340 e. The van der Waals surface area contributed by atoms with E-state index in [0.29, 0.717) is 41.9 Å². The predicted molar refractivity (Wildman–Crippen MR) is 116 cm³/mol. The summed E-state index contributed by atoms with van der Waals surface area (Å²) in [6.07, 6.45) is 2.46. The van der Waals surface area contributed by atoms with Gasteiger partial charge in [-0.3, -0.25) is 4.79 Å². The number of anilines is 1. The number of nitrogens with one attached hydrogen (secondary N) is 1. The van der Waals surface area contributed by atoms with E-state index in [1.54, 1.807) is 29.2 Å². The highest BCUT2D eigenvalue weighted by molar-refractivity contribution is 6.31. The van der Waals surface area contributed by atoms with Crippen LogP contribution < -0.4 is 5.32 Å². The normalized spacial score (nSPS) is 18.1. The Morgan fingerprint density at radius 3 is 2.24 bits per heavy atom. The lowest BCUT2D eigenvalue weighted by atomic mass is 9.94. The molecule has 0 atom stereocenters. The van der Waals surface area contributed by atoms with E-state index in [9.17, 15) is 9.59 Å². The summed E-state index contributed by atoms with van der Waals surface area (Å²) in [4.78, 5) is 29.6. The SMILES string of the molecule is O=C(Nc1ccc(Cl)cc1)N1CCCN(C(=O)C2(c3cccc(Cl)c3)CC2)CC1. The minimum absolute atomic E-state index is 0.153. The van der Waals surface area contributed by atoms with Crippen molar-refractivity contribution in [1.29, 1.82) is 0 Å². The summed E-state index contributed by atoms with van der Waals surface area (Å²) in [5, 5.41) is 4.18. The van der Waals surface area contributed by atoms with Crippen LogP contribution in [0.2, 0.25) is 10.0 Å². The van der Waals surface area contributed by atoms with Crippen molar-refractivity contribution in [1.82, 2.24) is 9.80 Å². The number of benzene rings is 2. The number of rotatable bonds is 3. The van der Waals surface area contributed by atoms with Crippen molar-refractivity contribution >= 4 is 40.8 Å². The van der Waals surface area contributed by atoms with E-state index in [0.717, 1.165) is 24.8 Å². The third kappa shape index (κ3) is 4.36. The minimum atomic E-state index is -0.439. The van der Waals surface area contributed by atoms with Gasteiger partial charge in [-0.1, -0.05) is 35.3 Å². The third-order valence-corrected chi connectivity index (χ3v) is 6.19. The van der Waals surface area contributed by atoms with Crippen molar-refractivity contribution in [3.63, 3.8) is 0 Å². The molecule has 1 aliphatic carbocycles. The highest BCUT2D eigenvalue weighted by Gasteiger charge is 2.53. The first kappa shape index (κ1) is 20.0. The second-order valence-electron chi connectivity index (χ2n) is 7.66. The second-order valence-corrected chi connectivity index (χ2v) is 8.54. The fraction of sp³-hybridized carbons (Fsp3) is 0.364. The van der Waals surface area contributed by atoms with Gasteiger partial charge in [0.15, 0.2) is 0 Å². The van der Waals surface area contributed by atoms with E-state index in [4.69, 9.17) is 23.2 Å².